The molecule has 3 aromatic heterocycles. The normalized spacial score (nSPS) is 10.7. The molecular formula is C20H15BrN4O3S. The molecule has 7 nitrogen and oxygen atoms in total. The first kappa shape index (κ1) is 19.3. The fourth-order valence-corrected chi connectivity index (χ4v) is 3.48. The second kappa shape index (κ2) is 8.97. The van der Waals surface area contributed by atoms with Crippen molar-refractivity contribution in [1.29, 1.82) is 0 Å². The molecule has 0 spiro atoms. The number of aryl methyl sites for hydroxylation is 1. The minimum atomic E-state index is -0.164. The van der Waals surface area contributed by atoms with E-state index in [0.29, 0.717) is 35.5 Å². The van der Waals surface area contributed by atoms with Crippen LogP contribution in [0.1, 0.15) is 12.3 Å². The lowest BCUT2D eigenvalue weighted by Gasteiger charge is -2.07. The second-order valence-corrected chi connectivity index (χ2v) is 7.70. The molecule has 1 aromatic carbocycles. The maximum atomic E-state index is 12.2. The van der Waals surface area contributed by atoms with Crippen LogP contribution in [0.15, 0.2) is 68.3 Å². The van der Waals surface area contributed by atoms with Crippen molar-refractivity contribution in [2.75, 3.05) is 5.32 Å². The first-order chi connectivity index (χ1) is 14.2. The summed E-state index contributed by atoms with van der Waals surface area (Å²) in [6.07, 6.45) is 2.13. The summed E-state index contributed by atoms with van der Waals surface area (Å²) in [6.45, 7) is 0. The maximum absolute atomic E-state index is 12.2. The van der Waals surface area contributed by atoms with Gasteiger partial charge in [0.25, 0.3) is 0 Å². The molecule has 0 saturated heterocycles. The van der Waals surface area contributed by atoms with Crippen molar-refractivity contribution >= 4 is 38.9 Å². The Morgan fingerprint density at radius 1 is 1.21 bits per heavy atom. The average molecular weight is 471 g/mol. The molecule has 146 valence electrons. The lowest BCUT2D eigenvalue weighted by atomic mass is 10.3. The predicted octanol–water partition coefficient (Wildman–Crippen LogP) is 5.32. The van der Waals surface area contributed by atoms with E-state index in [1.807, 2.05) is 41.1 Å². The second-order valence-electron chi connectivity index (χ2n) is 6.01. The van der Waals surface area contributed by atoms with Crippen LogP contribution in [0, 0.1) is 0 Å². The van der Waals surface area contributed by atoms with Crippen LogP contribution in [0.2, 0.25) is 0 Å². The number of nitrogens with one attached hydrogen (secondary N) is 1. The Morgan fingerprint density at radius 3 is 2.90 bits per heavy atom. The van der Waals surface area contributed by atoms with Crippen LogP contribution in [0.5, 0.6) is 11.6 Å². The van der Waals surface area contributed by atoms with E-state index >= 15 is 0 Å². The van der Waals surface area contributed by atoms with E-state index in [0.717, 1.165) is 10.0 Å². The molecule has 4 aromatic rings. The SMILES string of the molecule is O=C(CCc1nnc(-c2ccsc2)o1)Nc1ccc(Oc2cccc(Br)c2)nc1. The Balaban J connectivity index is 1.28. The van der Waals surface area contributed by atoms with Gasteiger partial charge in [-0.15, -0.1) is 10.2 Å². The molecule has 0 aliphatic rings. The van der Waals surface area contributed by atoms with Gasteiger partial charge in [-0.05, 0) is 35.7 Å². The Hall–Kier alpha value is -3.04. The number of amides is 1. The van der Waals surface area contributed by atoms with Crippen LogP contribution in [0.3, 0.4) is 0 Å². The lowest BCUT2D eigenvalue weighted by Crippen LogP contribution is -2.12. The van der Waals surface area contributed by atoms with E-state index in [1.54, 1.807) is 29.7 Å². The highest BCUT2D eigenvalue weighted by atomic mass is 79.9. The number of carbonyl (C=O) groups excluding carboxylic acids is 1. The first-order valence-corrected chi connectivity index (χ1v) is 10.4. The zero-order valence-electron chi connectivity index (χ0n) is 15.0. The number of rotatable bonds is 7. The molecule has 0 unspecified atom stereocenters. The number of benzene rings is 1. The summed E-state index contributed by atoms with van der Waals surface area (Å²) >= 11 is 4.95. The number of hydrogen-bond donors (Lipinski definition) is 1. The maximum Gasteiger partial charge on any atom is 0.248 e. The average Bonchev–Trinajstić information content (AvgIpc) is 3.40. The van der Waals surface area contributed by atoms with E-state index in [9.17, 15) is 4.79 Å². The predicted molar refractivity (Wildman–Crippen MR) is 113 cm³/mol. The molecule has 4 rings (SSSR count). The molecular weight excluding hydrogens is 456 g/mol. The fraction of sp³-hybridized carbons (Fsp3) is 0.100. The Labute approximate surface area is 178 Å². The number of halogens is 1. The molecule has 0 aliphatic carbocycles. The summed E-state index contributed by atoms with van der Waals surface area (Å²) < 4.78 is 12.2. The van der Waals surface area contributed by atoms with Gasteiger partial charge < -0.3 is 14.5 Å². The van der Waals surface area contributed by atoms with Gasteiger partial charge in [-0.25, -0.2) is 4.98 Å². The standard InChI is InChI=1S/C20H15BrN4O3S/c21-14-2-1-3-16(10-14)27-18-6-4-15(11-22-18)23-17(26)5-7-19-24-25-20(28-19)13-8-9-29-12-13/h1-4,6,8-12H,5,7H2,(H,23,26). The summed E-state index contributed by atoms with van der Waals surface area (Å²) in [5.41, 5.74) is 1.47. The summed E-state index contributed by atoms with van der Waals surface area (Å²) in [5.74, 6) is 1.84. The van der Waals surface area contributed by atoms with Crippen LogP contribution < -0.4 is 10.1 Å². The van der Waals surface area contributed by atoms with Gasteiger partial charge in [0.05, 0.1) is 11.9 Å². The molecule has 9 heteroatoms. The third-order valence-corrected chi connectivity index (χ3v) is 5.02. The molecule has 0 aliphatic heterocycles. The van der Waals surface area contributed by atoms with Crippen molar-refractivity contribution in [1.82, 2.24) is 15.2 Å². The Kier molecular flexibility index (Phi) is 5.97. The van der Waals surface area contributed by atoms with Crippen LogP contribution >= 0.6 is 27.3 Å². The molecule has 0 bridgehead atoms. The minimum absolute atomic E-state index is 0.164. The zero-order chi connectivity index (χ0) is 20.1. The molecule has 3 heterocycles. The van der Waals surface area contributed by atoms with E-state index in [4.69, 9.17) is 9.15 Å². The van der Waals surface area contributed by atoms with Gasteiger partial charge in [0, 0.05) is 34.3 Å². The van der Waals surface area contributed by atoms with Crippen LogP contribution in [-0.4, -0.2) is 21.1 Å². The van der Waals surface area contributed by atoms with E-state index in [-0.39, 0.29) is 12.3 Å². The number of nitrogens with zero attached hydrogens (tertiary/aromatic N) is 3. The Morgan fingerprint density at radius 2 is 2.14 bits per heavy atom. The van der Waals surface area contributed by atoms with E-state index in [2.05, 4.69) is 36.4 Å². The third kappa shape index (κ3) is 5.27. The zero-order valence-corrected chi connectivity index (χ0v) is 17.4. The monoisotopic (exact) mass is 470 g/mol. The van der Waals surface area contributed by atoms with Crippen molar-refractivity contribution in [3.63, 3.8) is 0 Å². The van der Waals surface area contributed by atoms with E-state index in [1.165, 1.54) is 0 Å². The number of anilines is 1. The van der Waals surface area contributed by atoms with Gasteiger partial charge in [0.2, 0.25) is 23.6 Å². The molecule has 1 amide bonds. The topological polar surface area (TPSA) is 90.1 Å². The summed E-state index contributed by atoms with van der Waals surface area (Å²) in [5, 5.41) is 14.7. The number of ether oxygens (including phenoxy) is 1. The van der Waals surface area contributed by atoms with Crippen molar-refractivity contribution in [3.8, 4) is 23.1 Å². The van der Waals surface area contributed by atoms with Gasteiger partial charge >= 0.3 is 0 Å². The number of thiophene rings is 1. The first-order valence-electron chi connectivity index (χ1n) is 8.70. The molecule has 0 atom stereocenters. The quantitative estimate of drug-likeness (QED) is 0.393. The highest BCUT2D eigenvalue weighted by Gasteiger charge is 2.11. The minimum Gasteiger partial charge on any atom is -0.439 e. The number of carbonyl (C=O) groups is 1. The highest BCUT2D eigenvalue weighted by molar-refractivity contribution is 9.10. The smallest absolute Gasteiger partial charge is 0.248 e. The summed E-state index contributed by atoms with van der Waals surface area (Å²) in [7, 11) is 0. The summed E-state index contributed by atoms with van der Waals surface area (Å²) in [6, 6.07) is 12.8. The van der Waals surface area contributed by atoms with Crippen molar-refractivity contribution in [3.05, 3.63) is 69.8 Å². The van der Waals surface area contributed by atoms with Crippen molar-refractivity contribution in [2.24, 2.45) is 0 Å². The molecule has 0 radical (unpaired) electrons. The van der Waals surface area contributed by atoms with Gasteiger partial charge in [-0.2, -0.15) is 11.3 Å². The van der Waals surface area contributed by atoms with Gasteiger partial charge in [0.1, 0.15) is 5.75 Å². The van der Waals surface area contributed by atoms with Crippen LogP contribution in [-0.2, 0) is 11.2 Å². The third-order valence-electron chi connectivity index (χ3n) is 3.84. The van der Waals surface area contributed by atoms with Crippen LogP contribution in [0.25, 0.3) is 11.5 Å². The van der Waals surface area contributed by atoms with Gasteiger partial charge in [0.15, 0.2) is 0 Å². The summed E-state index contributed by atoms with van der Waals surface area (Å²) in [4.78, 5) is 16.4. The largest absolute Gasteiger partial charge is 0.439 e. The molecule has 1 N–H and O–H groups in total. The fourth-order valence-electron chi connectivity index (χ4n) is 2.47. The number of aromatic nitrogens is 3. The van der Waals surface area contributed by atoms with Gasteiger partial charge in [-0.1, -0.05) is 22.0 Å². The lowest BCUT2D eigenvalue weighted by molar-refractivity contribution is -0.116. The number of pyridine rings is 1. The Bertz CT molecular complexity index is 1100. The van der Waals surface area contributed by atoms with Crippen molar-refractivity contribution in [2.45, 2.75) is 12.8 Å². The molecule has 29 heavy (non-hydrogen) atoms. The van der Waals surface area contributed by atoms with Gasteiger partial charge in [-0.3, -0.25) is 4.79 Å². The van der Waals surface area contributed by atoms with Crippen molar-refractivity contribution < 1.29 is 13.9 Å². The van der Waals surface area contributed by atoms with E-state index < -0.39 is 0 Å². The number of hydrogen-bond acceptors (Lipinski definition) is 7. The molecule has 0 saturated carbocycles. The molecule has 0 fully saturated rings. The van der Waals surface area contributed by atoms with Crippen LogP contribution in [0.4, 0.5) is 5.69 Å². The highest BCUT2D eigenvalue weighted by Crippen LogP contribution is 2.24.